The van der Waals surface area contributed by atoms with Crippen LogP contribution in [0.5, 0.6) is 5.75 Å². The summed E-state index contributed by atoms with van der Waals surface area (Å²) in [6, 6.07) is 13.5. The molecule has 9 nitrogen and oxygen atoms in total. The molecule has 1 aliphatic heterocycles. The Hall–Kier alpha value is -3.47. The van der Waals surface area contributed by atoms with Crippen LogP contribution in [0.3, 0.4) is 0 Å². The van der Waals surface area contributed by atoms with Gasteiger partial charge < -0.3 is 19.1 Å². The maximum absolute atomic E-state index is 13.3. The lowest BCUT2D eigenvalue weighted by molar-refractivity contribution is 0.00601. The third-order valence-corrected chi connectivity index (χ3v) is 12.7. The molecule has 1 saturated carbocycles. The molecule has 2 heterocycles. The van der Waals surface area contributed by atoms with Gasteiger partial charge in [0.1, 0.15) is 11.4 Å². The van der Waals surface area contributed by atoms with Crippen LogP contribution in [0.2, 0.25) is 5.02 Å². The van der Waals surface area contributed by atoms with Crippen molar-refractivity contribution in [2.45, 2.75) is 95.4 Å². The third kappa shape index (κ3) is 8.50. The van der Waals surface area contributed by atoms with Gasteiger partial charge >= 0.3 is 5.97 Å². The minimum absolute atomic E-state index is 0.0233. The summed E-state index contributed by atoms with van der Waals surface area (Å²) >= 11 is 6.47. The molecule has 0 saturated heterocycles. The van der Waals surface area contributed by atoms with Crippen LogP contribution in [-0.4, -0.2) is 68.6 Å². The molecule has 3 aliphatic rings. The van der Waals surface area contributed by atoms with E-state index >= 15 is 0 Å². The van der Waals surface area contributed by atoms with Crippen molar-refractivity contribution >= 4 is 33.1 Å². The summed E-state index contributed by atoms with van der Waals surface area (Å²) in [5.41, 5.74) is 4.25. The van der Waals surface area contributed by atoms with Gasteiger partial charge in [0.05, 0.1) is 29.7 Å². The summed E-state index contributed by atoms with van der Waals surface area (Å²) in [7, 11) is -1.80. The Morgan fingerprint density at radius 1 is 1.15 bits per heavy atom. The van der Waals surface area contributed by atoms with E-state index in [4.69, 9.17) is 25.8 Å². The van der Waals surface area contributed by atoms with Crippen molar-refractivity contribution in [3.05, 3.63) is 88.2 Å². The normalized spacial score (nSPS) is 23.1. The minimum Gasteiger partial charge on any atom is -0.490 e. The standard InChI is InChI=1S/C41H52ClN3O6S/c1-27(16-20-52(47,48)39-43-18-8-19-44-39)21-28(2)37(49-6)33-13-10-31(33)24-45-25-41(17-7-9-29-22-32(42)12-14-34(29)41)26-50-36-15-11-30(23-35(36)45)38(46)51-40(3,4)5/h8,11-12,14-15,18-19,21-23,27,31,33,37H,7,9-10,13,16-17,20,24-26H2,1-6H3/b28-21+/t27?,31-,33+,37-,41-/m0/s1. The number of hydrogen-bond donors (Lipinski definition) is 0. The Morgan fingerprint density at radius 2 is 1.92 bits per heavy atom. The van der Waals surface area contributed by atoms with E-state index < -0.39 is 15.4 Å². The Kier molecular flexibility index (Phi) is 11.4. The molecule has 0 bridgehead atoms. The summed E-state index contributed by atoms with van der Waals surface area (Å²) in [5.74, 6) is 1.03. The second kappa shape index (κ2) is 15.5. The largest absolute Gasteiger partial charge is 0.490 e. The Balaban J connectivity index is 1.25. The number of hydrogen-bond acceptors (Lipinski definition) is 9. The van der Waals surface area contributed by atoms with Crippen molar-refractivity contribution < 1.29 is 27.4 Å². The van der Waals surface area contributed by atoms with Gasteiger partial charge in [-0.25, -0.2) is 23.2 Å². The molecule has 11 heteroatoms. The lowest BCUT2D eigenvalue weighted by atomic mass is 9.67. The van der Waals surface area contributed by atoms with Crippen LogP contribution in [0.4, 0.5) is 5.69 Å². The molecule has 0 N–H and O–H groups in total. The molecular formula is C41H52ClN3O6S. The second-order valence-electron chi connectivity index (χ2n) is 16.0. The zero-order valence-electron chi connectivity index (χ0n) is 31.2. The number of aromatic nitrogens is 2. The first-order chi connectivity index (χ1) is 24.7. The van der Waals surface area contributed by atoms with E-state index in [1.165, 1.54) is 23.5 Å². The number of anilines is 1. The molecule has 52 heavy (non-hydrogen) atoms. The van der Waals surface area contributed by atoms with Crippen LogP contribution >= 0.6 is 11.6 Å². The summed E-state index contributed by atoms with van der Waals surface area (Å²) < 4.78 is 44.3. The summed E-state index contributed by atoms with van der Waals surface area (Å²) in [6.07, 6.45) is 10.5. The fourth-order valence-electron chi connectivity index (χ4n) is 8.28. The van der Waals surface area contributed by atoms with Crippen molar-refractivity contribution in [1.29, 1.82) is 0 Å². The van der Waals surface area contributed by atoms with Gasteiger partial charge in [-0.3, -0.25) is 0 Å². The van der Waals surface area contributed by atoms with Gasteiger partial charge in [0.2, 0.25) is 15.0 Å². The van der Waals surface area contributed by atoms with Crippen LogP contribution in [0.1, 0.15) is 88.2 Å². The SMILES string of the molecule is CO[C@@H](/C(C)=C/C(C)CCS(=O)(=O)c1ncccn1)[C@@H]1CC[C@H]1CN1C[C@@]2(CCCc3cc(Cl)ccc32)COc2ccc(C(=O)OC(C)(C)C)cc21. The van der Waals surface area contributed by atoms with Crippen LogP contribution < -0.4 is 9.64 Å². The molecule has 6 rings (SSSR count). The van der Waals surface area contributed by atoms with Gasteiger partial charge in [-0.2, -0.15) is 0 Å². The van der Waals surface area contributed by atoms with Gasteiger partial charge in [0.25, 0.3) is 0 Å². The number of halogens is 1. The number of sulfone groups is 1. The van der Waals surface area contributed by atoms with Gasteiger partial charge in [-0.15, -0.1) is 0 Å². The van der Waals surface area contributed by atoms with Crippen molar-refractivity contribution in [2.75, 3.05) is 37.5 Å². The molecule has 3 aromatic rings. The number of aryl methyl sites for hydroxylation is 1. The summed E-state index contributed by atoms with van der Waals surface area (Å²) in [6.45, 7) is 11.8. The molecule has 2 aliphatic carbocycles. The van der Waals surface area contributed by atoms with E-state index in [1.807, 2.05) is 45.9 Å². The first-order valence-corrected chi connectivity index (χ1v) is 20.5. The second-order valence-corrected chi connectivity index (χ2v) is 18.4. The highest BCUT2D eigenvalue weighted by atomic mass is 35.5. The van der Waals surface area contributed by atoms with Crippen molar-refractivity contribution in [3.63, 3.8) is 0 Å². The third-order valence-electron chi connectivity index (χ3n) is 10.9. The summed E-state index contributed by atoms with van der Waals surface area (Å²) in [5, 5.41) is 0.621. The average molecular weight is 750 g/mol. The maximum atomic E-state index is 13.3. The van der Waals surface area contributed by atoms with E-state index in [1.54, 1.807) is 19.2 Å². The van der Waals surface area contributed by atoms with E-state index in [0.717, 1.165) is 67.2 Å². The lowest BCUT2D eigenvalue weighted by Gasteiger charge is -2.46. The van der Waals surface area contributed by atoms with E-state index in [-0.39, 0.29) is 40.2 Å². The number of nitrogens with zero attached hydrogens (tertiary/aromatic N) is 3. The molecule has 1 spiro atoms. The zero-order valence-corrected chi connectivity index (χ0v) is 32.8. The number of carbonyl (C=O) groups is 1. The number of fused-ring (bicyclic) bond motifs is 3. The number of rotatable bonds is 11. The first kappa shape index (κ1) is 38.3. The number of carbonyl (C=O) groups excluding carboxylic acids is 1. The molecule has 0 amide bonds. The molecule has 1 unspecified atom stereocenters. The topological polar surface area (TPSA) is 108 Å². The van der Waals surface area contributed by atoms with Crippen LogP contribution in [0.25, 0.3) is 0 Å². The highest BCUT2D eigenvalue weighted by Gasteiger charge is 2.45. The van der Waals surface area contributed by atoms with Gasteiger partial charge in [-0.1, -0.05) is 30.7 Å². The van der Waals surface area contributed by atoms with Crippen LogP contribution in [-0.2, 0) is 31.1 Å². The number of benzene rings is 2. The quantitative estimate of drug-likeness (QED) is 0.109. The predicted octanol–water partition coefficient (Wildman–Crippen LogP) is 8.05. The number of methoxy groups -OCH3 is 1. The highest BCUT2D eigenvalue weighted by molar-refractivity contribution is 7.91. The van der Waals surface area contributed by atoms with Gasteiger partial charge in [0, 0.05) is 43.0 Å². The summed E-state index contributed by atoms with van der Waals surface area (Å²) in [4.78, 5) is 23.6. The molecule has 5 atom stereocenters. The predicted molar refractivity (Wildman–Crippen MR) is 204 cm³/mol. The molecule has 2 aromatic carbocycles. The Bertz CT molecular complexity index is 1900. The van der Waals surface area contributed by atoms with Gasteiger partial charge in [-0.05, 0) is 137 Å². The molecular weight excluding hydrogens is 698 g/mol. The average Bonchev–Trinajstić information content (AvgIpc) is 3.24. The van der Waals surface area contributed by atoms with E-state index in [0.29, 0.717) is 24.5 Å². The van der Waals surface area contributed by atoms with Crippen molar-refractivity contribution in [2.24, 2.45) is 17.8 Å². The minimum atomic E-state index is -3.56. The Morgan fingerprint density at radius 3 is 2.62 bits per heavy atom. The zero-order chi connectivity index (χ0) is 37.3. The maximum Gasteiger partial charge on any atom is 0.338 e. The van der Waals surface area contributed by atoms with Crippen molar-refractivity contribution in [3.8, 4) is 5.75 Å². The number of allylic oxidation sites excluding steroid dienone is 1. The molecule has 1 aromatic heterocycles. The van der Waals surface area contributed by atoms with Crippen LogP contribution in [0, 0.1) is 17.8 Å². The molecule has 280 valence electrons. The van der Waals surface area contributed by atoms with E-state index in [2.05, 4.69) is 40.0 Å². The fourth-order valence-corrected chi connectivity index (χ4v) is 9.79. The van der Waals surface area contributed by atoms with Gasteiger partial charge in [0.15, 0.2) is 0 Å². The van der Waals surface area contributed by atoms with E-state index in [9.17, 15) is 13.2 Å². The lowest BCUT2D eigenvalue weighted by Crippen LogP contribution is -2.50. The van der Waals surface area contributed by atoms with Crippen molar-refractivity contribution in [1.82, 2.24) is 9.97 Å². The molecule has 1 fully saturated rings. The fraction of sp³-hybridized carbons (Fsp3) is 0.537. The Labute approximate surface area is 314 Å². The number of ether oxygens (including phenoxy) is 3. The highest BCUT2D eigenvalue weighted by Crippen LogP contribution is 2.47. The van der Waals surface area contributed by atoms with Crippen LogP contribution in [0.15, 0.2) is 71.7 Å². The first-order valence-electron chi connectivity index (χ1n) is 18.4. The monoisotopic (exact) mass is 749 g/mol. The smallest absolute Gasteiger partial charge is 0.338 e. The molecule has 0 radical (unpaired) electrons. The number of esters is 1.